The maximum absolute atomic E-state index is 6.02. The number of hydrogen-bond acceptors (Lipinski definition) is 6. The lowest BCUT2D eigenvalue weighted by Crippen LogP contribution is -2.43. The van der Waals surface area contributed by atoms with Crippen molar-refractivity contribution >= 4 is 11.6 Å². The van der Waals surface area contributed by atoms with Crippen molar-refractivity contribution in [2.45, 2.75) is 51.2 Å². The molecular weight excluding hydrogens is 268 g/mol. The summed E-state index contributed by atoms with van der Waals surface area (Å²) in [6.07, 6.45) is 5.57. The number of ether oxygens (including phenoxy) is 2. The van der Waals surface area contributed by atoms with Crippen molar-refractivity contribution in [2.75, 3.05) is 31.4 Å². The average molecular weight is 294 g/mol. The fourth-order valence-electron chi connectivity index (χ4n) is 2.94. The van der Waals surface area contributed by atoms with Gasteiger partial charge < -0.3 is 20.1 Å². The largest absolute Gasteiger partial charge is 0.490 e. The van der Waals surface area contributed by atoms with Gasteiger partial charge in [-0.2, -0.15) is 0 Å². The predicted octanol–water partition coefficient (Wildman–Crippen LogP) is 2.68. The number of methoxy groups -OCH3 is 1. The molecular formula is C15H26N4O2. The Morgan fingerprint density at radius 2 is 2.05 bits per heavy atom. The first-order chi connectivity index (χ1) is 10.2. The number of nitrogens with one attached hydrogen (secondary N) is 2. The van der Waals surface area contributed by atoms with E-state index in [9.17, 15) is 0 Å². The van der Waals surface area contributed by atoms with E-state index >= 15 is 0 Å². The second-order valence-electron chi connectivity index (χ2n) is 5.43. The molecule has 6 nitrogen and oxygen atoms in total. The second-order valence-corrected chi connectivity index (χ2v) is 5.43. The molecule has 1 fully saturated rings. The molecule has 2 heterocycles. The highest BCUT2D eigenvalue weighted by Crippen LogP contribution is 2.35. The van der Waals surface area contributed by atoms with Crippen molar-refractivity contribution in [3.63, 3.8) is 0 Å². The third-order valence-electron chi connectivity index (χ3n) is 4.37. The van der Waals surface area contributed by atoms with E-state index in [0.29, 0.717) is 17.6 Å². The molecule has 2 rings (SSSR count). The third-order valence-corrected chi connectivity index (χ3v) is 4.37. The molecule has 118 valence electrons. The van der Waals surface area contributed by atoms with Gasteiger partial charge >= 0.3 is 0 Å². The molecule has 1 unspecified atom stereocenters. The molecule has 1 aliphatic heterocycles. The normalized spacial score (nSPS) is 20.9. The first-order valence-corrected chi connectivity index (χ1v) is 7.65. The van der Waals surface area contributed by atoms with Crippen LogP contribution in [0.3, 0.4) is 0 Å². The van der Waals surface area contributed by atoms with E-state index < -0.39 is 0 Å². The minimum atomic E-state index is -0.0119. The molecule has 0 amide bonds. The summed E-state index contributed by atoms with van der Waals surface area (Å²) in [5.41, 5.74) is -0.0119. The van der Waals surface area contributed by atoms with Gasteiger partial charge in [-0.3, -0.25) is 0 Å². The van der Waals surface area contributed by atoms with E-state index in [4.69, 9.17) is 9.47 Å². The lowest BCUT2D eigenvalue weighted by molar-refractivity contribution is -0.0864. The molecule has 1 aromatic heterocycles. The van der Waals surface area contributed by atoms with Crippen LogP contribution in [0.15, 0.2) is 6.33 Å². The van der Waals surface area contributed by atoms with Crippen LogP contribution in [-0.2, 0) is 4.74 Å². The summed E-state index contributed by atoms with van der Waals surface area (Å²) < 4.78 is 11.4. The molecule has 0 bridgehead atoms. The van der Waals surface area contributed by atoms with E-state index in [1.807, 2.05) is 7.05 Å². The monoisotopic (exact) mass is 294 g/mol. The van der Waals surface area contributed by atoms with Crippen molar-refractivity contribution in [3.8, 4) is 5.75 Å². The van der Waals surface area contributed by atoms with E-state index in [1.165, 1.54) is 0 Å². The van der Waals surface area contributed by atoms with E-state index in [0.717, 1.165) is 38.1 Å². The Morgan fingerprint density at radius 1 is 1.33 bits per heavy atom. The Bertz CT molecular complexity index is 463. The molecule has 0 saturated carbocycles. The Hall–Kier alpha value is -1.56. The summed E-state index contributed by atoms with van der Waals surface area (Å²) in [5.74, 6) is 2.09. The van der Waals surface area contributed by atoms with Crippen LogP contribution in [0.4, 0.5) is 11.6 Å². The molecule has 0 radical (unpaired) electrons. The van der Waals surface area contributed by atoms with Crippen LogP contribution in [0, 0.1) is 0 Å². The topological polar surface area (TPSA) is 68.3 Å². The van der Waals surface area contributed by atoms with Crippen LogP contribution >= 0.6 is 0 Å². The second kappa shape index (κ2) is 6.93. The first kappa shape index (κ1) is 15.8. The predicted molar refractivity (Wildman–Crippen MR) is 84.0 cm³/mol. The molecule has 1 atom stereocenters. The Labute approximate surface area is 126 Å². The Balaban J connectivity index is 2.14. The molecule has 0 spiro atoms. The van der Waals surface area contributed by atoms with Gasteiger partial charge in [-0.05, 0) is 25.7 Å². The third kappa shape index (κ3) is 3.37. The molecule has 21 heavy (non-hydrogen) atoms. The molecule has 0 aliphatic carbocycles. The number of rotatable bonds is 6. The van der Waals surface area contributed by atoms with Crippen molar-refractivity contribution in [3.05, 3.63) is 6.33 Å². The van der Waals surface area contributed by atoms with Gasteiger partial charge in [-0.15, -0.1) is 0 Å². The quantitative estimate of drug-likeness (QED) is 0.840. The van der Waals surface area contributed by atoms with Crippen LogP contribution in [0.2, 0.25) is 0 Å². The van der Waals surface area contributed by atoms with Gasteiger partial charge in [0.25, 0.3) is 0 Å². The summed E-state index contributed by atoms with van der Waals surface area (Å²) >= 11 is 0. The minimum absolute atomic E-state index is 0.0119. The fraction of sp³-hybridized carbons (Fsp3) is 0.733. The molecule has 0 aromatic carbocycles. The first-order valence-electron chi connectivity index (χ1n) is 7.65. The van der Waals surface area contributed by atoms with Crippen LogP contribution < -0.4 is 15.4 Å². The van der Waals surface area contributed by atoms with E-state index in [-0.39, 0.29) is 5.60 Å². The summed E-state index contributed by atoms with van der Waals surface area (Å²) in [7, 11) is 3.46. The number of hydrogen-bond donors (Lipinski definition) is 2. The van der Waals surface area contributed by atoms with Gasteiger partial charge in [0.1, 0.15) is 6.33 Å². The highest BCUT2D eigenvalue weighted by Gasteiger charge is 2.35. The van der Waals surface area contributed by atoms with Gasteiger partial charge in [0.15, 0.2) is 11.6 Å². The van der Waals surface area contributed by atoms with Crippen molar-refractivity contribution in [2.24, 2.45) is 0 Å². The lowest BCUT2D eigenvalue weighted by Gasteiger charge is -2.40. The van der Waals surface area contributed by atoms with Crippen LogP contribution in [-0.4, -0.2) is 42.4 Å². The van der Waals surface area contributed by atoms with Gasteiger partial charge in [0.05, 0.1) is 12.7 Å². The molecule has 2 N–H and O–H groups in total. The Kier molecular flexibility index (Phi) is 5.22. The van der Waals surface area contributed by atoms with Crippen molar-refractivity contribution < 1.29 is 9.47 Å². The van der Waals surface area contributed by atoms with Gasteiger partial charge in [-0.25, -0.2) is 9.97 Å². The number of nitrogens with zero attached hydrogens (tertiary/aromatic N) is 2. The smallest absolute Gasteiger partial charge is 0.204 e. The summed E-state index contributed by atoms with van der Waals surface area (Å²) in [6.45, 7) is 5.16. The van der Waals surface area contributed by atoms with Gasteiger partial charge in [0, 0.05) is 19.7 Å². The molecule has 6 heteroatoms. The van der Waals surface area contributed by atoms with Crippen LogP contribution in [0.5, 0.6) is 5.75 Å². The summed E-state index contributed by atoms with van der Waals surface area (Å²) in [6, 6.07) is 0.340. The van der Waals surface area contributed by atoms with Gasteiger partial charge in [-0.1, -0.05) is 13.8 Å². The average Bonchev–Trinajstić information content (AvgIpc) is 2.54. The SMILES string of the molecule is CCC1(CC)CC(Nc2ncnc(NC)c2OC)CCO1. The van der Waals surface area contributed by atoms with Crippen molar-refractivity contribution in [1.82, 2.24) is 9.97 Å². The van der Waals surface area contributed by atoms with E-state index in [1.54, 1.807) is 13.4 Å². The summed E-state index contributed by atoms with van der Waals surface area (Å²) in [5, 5.41) is 6.52. The van der Waals surface area contributed by atoms with Gasteiger partial charge in [0.2, 0.25) is 5.75 Å². The molecule has 1 aromatic rings. The van der Waals surface area contributed by atoms with Crippen molar-refractivity contribution in [1.29, 1.82) is 0 Å². The molecule has 1 aliphatic rings. The highest BCUT2D eigenvalue weighted by atomic mass is 16.5. The zero-order valence-electron chi connectivity index (χ0n) is 13.4. The molecule has 1 saturated heterocycles. The number of aromatic nitrogens is 2. The maximum Gasteiger partial charge on any atom is 0.204 e. The standard InChI is InChI=1S/C15H26N4O2/c1-5-15(6-2)9-11(7-8-21-15)19-14-12(20-4)13(16-3)17-10-18-14/h10-11H,5-9H2,1-4H3,(H2,16,17,18,19). The van der Waals surface area contributed by atoms with E-state index in [2.05, 4.69) is 34.4 Å². The fourth-order valence-corrected chi connectivity index (χ4v) is 2.94. The van der Waals surface area contributed by atoms with Crippen LogP contribution in [0.25, 0.3) is 0 Å². The zero-order valence-corrected chi connectivity index (χ0v) is 13.4. The number of anilines is 2. The zero-order chi connectivity index (χ0) is 15.3. The van der Waals surface area contributed by atoms with Crippen LogP contribution in [0.1, 0.15) is 39.5 Å². The Morgan fingerprint density at radius 3 is 2.67 bits per heavy atom. The lowest BCUT2D eigenvalue weighted by atomic mass is 9.86. The summed E-state index contributed by atoms with van der Waals surface area (Å²) in [4.78, 5) is 8.49. The maximum atomic E-state index is 6.02. The highest BCUT2D eigenvalue weighted by molar-refractivity contribution is 5.63. The minimum Gasteiger partial charge on any atom is -0.490 e.